The first-order chi connectivity index (χ1) is 23.6. The molecule has 2 nitrogen and oxygen atoms in total. The van der Waals surface area contributed by atoms with E-state index in [1.165, 1.54) is 116 Å². The number of carbonyl (C=O) groups excluding carboxylic acids is 1. The van der Waals surface area contributed by atoms with Crippen LogP contribution in [0.15, 0.2) is 36.0 Å². The highest BCUT2D eigenvalue weighted by molar-refractivity contribution is 5.69. The van der Waals surface area contributed by atoms with Crippen LogP contribution in [0, 0.1) is 52.3 Å². The Bertz CT molecular complexity index is 1070. The summed E-state index contributed by atoms with van der Waals surface area (Å²) in [6, 6.07) is 0. The Hall–Kier alpha value is -1.31. The number of carbonyl (C=O) groups is 1. The van der Waals surface area contributed by atoms with E-state index < -0.39 is 0 Å². The third-order valence-electron chi connectivity index (χ3n) is 14.9. The predicted octanol–water partition coefficient (Wildman–Crippen LogP) is 14.4. The summed E-state index contributed by atoms with van der Waals surface area (Å²) in [7, 11) is 0. The summed E-state index contributed by atoms with van der Waals surface area (Å²) >= 11 is 0. The van der Waals surface area contributed by atoms with Gasteiger partial charge in [0, 0.05) is 12.8 Å². The molecule has 4 rings (SSSR count). The molecule has 0 amide bonds. The van der Waals surface area contributed by atoms with E-state index in [1.807, 2.05) is 0 Å². The van der Waals surface area contributed by atoms with Gasteiger partial charge in [0.2, 0.25) is 0 Å². The molecule has 3 fully saturated rings. The highest BCUT2D eigenvalue weighted by atomic mass is 16.5. The number of unbranched alkanes of at least 4 members (excludes halogenated alkanes) is 9. The molecule has 0 aliphatic heterocycles. The quantitative estimate of drug-likeness (QED) is 0.0523. The number of hydrogen-bond acceptors (Lipinski definition) is 2. The summed E-state index contributed by atoms with van der Waals surface area (Å²) in [6.07, 6.45) is 40.5. The Morgan fingerprint density at radius 3 is 2.22 bits per heavy atom. The number of rotatable bonds is 21. The molecule has 49 heavy (non-hydrogen) atoms. The van der Waals surface area contributed by atoms with Crippen molar-refractivity contribution in [2.75, 3.05) is 0 Å². The minimum absolute atomic E-state index is 0.0500. The molecule has 0 spiro atoms. The van der Waals surface area contributed by atoms with Gasteiger partial charge in [-0.25, -0.2) is 0 Å². The molecule has 4 aliphatic rings. The molecular weight excluding hydrogens is 597 g/mol. The lowest BCUT2D eigenvalue weighted by atomic mass is 9.47. The van der Waals surface area contributed by atoms with Gasteiger partial charge in [-0.1, -0.05) is 136 Å². The van der Waals surface area contributed by atoms with Crippen molar-refractivity contribution in [3.05, 3.63) is 36.0 Å². The van der Waals surface area contributed by atoms with Crippen LogP contribution in [0.25, 0.3) is 0 Å². The van der Waals surface area contributed by atoms with Crippen molar-refractivity contribution in [1.29, 1.82) is 0 Å². The van der Waals surface area contributed by atoms with Crippen molar-refractivity contribution in [2.45, 2.75) is 202 Å². The normalized spacial score (nSPS) is 32.6. The molecule has 9 atom stereocenters. The van der Waals surface area contributed by atoms with Crippen LogP contribution >= 0.6 is 0 Å². The second kappa shape index (κ2) is 20.1. The zero-order valence-electron chi connectivity index (χ0n) is 33.6. The molecule has 2 heteroatoms. The van der Waals surface area contributed by atoms with Gasteiger partial charge in [-0.3, -0.25) is 4.79 Å². The van der Waals surface area contributed by atoms with E-state index in [0.717, 1.165) is 67.1 Å². The van der Waals surface area contributed by atoms with Gasteiger partial charge in [-0.15, -0.1) is 0 Å². The SMILES string of the molecule is CCCCC/C=C\C=C\CCCCCCCCC(=O)O[C@H]1CC[C@@]2(C)C(=CC[C@H]3[C@@H]4CC[C@H]([C@H](C)CC[C@@H](CC)C(C)C)[C@@]4(C)CC[C@@H]32)C1. The maximum absolute atomic E-state index is 12.8. The van der Waals surface area contributed by atoms with E-state index in [1.54, 1.807) is 5.57 Å². The fourth-order valence-electron chi connectivity index (χ4n) is 11.7. The van der Waals surface area contributed by atoms with E-state index in [0.29, 0.717) is 17.3 Å². The van der Waals surface area contributed by atoms with Crippen LogP contribution < -0.4 is 0 Å². The summed E-state index contributed by atoms with van der Waals surface area (Å²) in [5, 5.41) is 0. The zero-order valence-corrected chi connectivity index (χ0v) is 33.6. The van der Waals surface area contributed by atoms with Crippen molar-refractivity contribution in [3.8, 4) is 0 Å². The largest absolute Gasteiger partial charge is 0.462 e. The lowest BCUT2D eigenvalue weighted by Gasteiger charge is -2.58. The predicted molar refractivity (Wildman–Crippen MR) is 211 cm³/mol. The first kappa shape index (κ1) is 40.5. The molecule has 0 saturated heterocycles. The molecule has 0 aromatic carbocycles. The molecule has 4 aliphatic carbocycles. The Morgan fingerprint density at radius 2 is 1.53 bits per heavy atom. The van der Waals surface area contributed by atoms with Gasteiger partial charge < -0.3 is 4.74 Å². The van der Waals surface area contributed by atoms with Crippen LogP contribution in [0.3, 0.4) is 0 Å². The standard InChI is InChI=1S/C47H80O2/c1-8-10-11-12-13-14-15-16-17-18-19-20-21-22-23-24-45(48)49-40-31-33-46(6)39(35-40)27-28-41-43-30-29-42(47(43,7)34-32-44(41)46)37(5)25-26-38(9-2)36(3)4/h13-16,27,36-38,40-44H,8-12,17-26,28-35H2,1-7H3/b14-13-,16-15+/t37-,38-,40+,41+,42-,43+,44+,46+,47-/m1/s1. The number of esters is 1. The second-order valence-electron chi connectivity index (χ2n) is 18.3. The summed E-state index contributed by atoms with van der Waals surface area (Å²) in [5.74, 6) is 6.13. The molecule has 0 aromatic rings. The Balaban J connectivity index is 1.14. The minimum atomic E-state index is 0.0500. The van der Waals surface area contributed by atoms with E-state index >= 15 is 0 Å². The lowest BCUT2D eigenvalue weighted by Crippen LogP contribution is -2.51. The molecular formula is C47H80O2. The van der Waals surface area contributed by atoms with Gasteiger partial charge in [-0.2, -0.15) is 0 Å². The maximum Gasteiger partial charge on any atom is 0.306 e. The molecule has 0 aromatic heterocycles. The monoisotopic (exact) mass is 677 g/mol. The first-order valence-electron chi connectivity index (χ1n) is 21.8. The first-order valence-corrected chi connectivity index (χ1v) is 21.8. The van der Waals surface area contributed by atoms with Crippen LogP contribution in [0.4, 0.5) is 0 Å². The third kappa shape index (κ3) is 10.9. The van der Waals surface area contributed by atoms with Crippen LogP contribution in [0.5, 0.6) is 0 Å². The van der Waals surface area contributed by atoms with E-state index in [9.17, 15) is 4.79 Å². The fraction of sp³-hybridized carbons (Fsp3) is 0.851. The van der Waals surface area contributed by atoms with Crippen molar-refractivity contribution in [2.24, 2.45) is 52.3 Å². The topological polar surface area (TPSA) is 26.3 Å². The summed E-state index contributed by atoms with van der Waals surface area (Å²) in [4.78, 5) is 12.8. The van der Waals surface area contributed by atoms with Gasteiger partial charge in [0.25, 0.3) is 0 Å². The third-order valence-corrected chi connectivity index (χ3v) is 14.9. The van der Waals surface area contributed by atoms with E-state index in [-0.39, 0.29) is 12.1 Å². The van der Waals surface area contributed by atoms with Gasteiger partial charge in [0.05, 0.1) is 0 Å². The highest BCUT2D eigenvalue weighted by Crippen LogP contribution is 2.67. The fourth-order valence-corrected chi connectivity index (χ4v) is 11.7. The van der Waals surface area contributed by atoms with Crippen molar-refractivity contribution in [3.63, 3.8) is 0 Å². The lowest BCUT2D eigenvalue weighted by molar-refractivity contribution is -0.151. The average molecular weight is 677 g/mol. The maximum atomic E-state index is 12.8. The van der Waals surface area contributed by atoms with Gasteiger partial charge >= 0.3 is 5.97 Å². The van der Waals surface area contributed by atoms with Gasteiger partial charge in [0.15, 0.2) is 0 Å². The molecule has 3 saturated carbocycles. The molecule has 0 bridgehead atoms. The van der Waals surface area contributed by atoms with Crippen molar-refractivity contribution < 1.29 is 9.53 Å². The van der Waals surface area contributed by atoms with Crippen LogP contribution in [-0.2, 0) is 9.53 Å². The van der Waals surface area contributed by atoms with Gasteiger partial charge in [-0.05, 0) is 136 Å². The Morgan fingerprint density at radius 1 is 0.837 bits per heavy atom. The van der Waals surface area contributed by atoms with Crippen molar-refractivity contribution >= 4 is 5.97 Å². The number of ether oxygens (including phenoxy) is 1. The van der Waals surface area contributed by atoms with Crippen molar-refractivity contribution in [1.82, 2.24) is 0 Å². The molecule has 280 valence electrons. The molecule has 0 heterocycles. The zero-order chi connectivity index (χ0) is 35.3. The average Bonchev–Trinajstić information content (AvgIpc) is 3.44. The van der Waals surface area contributed by atoms with Crippen LogP contribution in [-0.4, -0.2) is 12.1 Å². The smallest absolute Gasteiger partial charge is 0.306 e. The number of fused-ring (bicyclic) bond motifs is 5. The van der Waals surface area contributed by atoms with E-state index in [2.05, 4.69) is 78.8 Å². The molecule has 0 unspecified atom stereocenters. The molecule has 0 N–H and O–H groups in total. The summed E-state index contributed by atoms with van der Waals surface area (Å²) < 4.78 is 6.14. The summed E-state index contributed by atoms with van der Waals surface area (Å²) in [5.41, 5.74) is 2.50. The summed E-state index contributed by atoms with van der Waals surface area (Å²) in [6.45, 7) is 17.4. The highest BCUT2D eigenvalue weighted by Gasteiger charge is 2.59. The number of hydrogen-bond donors (Lipinski definition) is 0. The van der Waals surface area contributed by atoms with Crippen LogP contribution in [0.1, 0.15) is 196 Å². The van der Waals surface area contributed by atoms with Crippen LogP contribution in [0.2, 0.25) is 0 Å². The van der Waals surface area contributed by atoms with Gasteiger partial charge in [0.1, 0.15) is 6.10 Å². The Kier molecular flexibility index (Phi) is 16.6. The number of allylic oxidation sites excluding steroid dienone is 5. The minimum Gasteiger partial charge on any atom is -0.462 e. The Labute approximate surface area is 305 Å². The second-order valence-corrected chi connectivity index (χ2v) is 18.3. The molecule has 0 radical (unpaired) electrons. The van der Waals surface area contributed by atoms with E-state index in [4.69, 9.17) is 4.74 Å².